The molecule has 0 spiro atoms. The van der Waals surface area contributed by atoms with Crippen LogP contribution >= 0.6 is 11.6 Å². The summed E-state index contributed by atoms with van der Waals surface area (Å²) in [4.78, 5) is 71.0. The van der Waals surface area contributed by atoms with E-state index >= 15 is 8.78 Å². The van der Waals surface area contributed by atoms with Crippen LogP contribution in [-0.4, -0.2) is 105 Å². The normalized spacial score (nSPS) is 13.2. The topological polar surface area (TPSA) is 192 Å². The summed E-state index contributed by atoms with van der Waals surface area (Å²) in [6.45, 7) is 15.1. The maximum Gasteiger partial charge on any atom is 0.407 e. The third-order valence-electron chi connectivity index (χ3n) is 12.2. The summed E-state index contributed by atoms with van der Waals surface area (Å²) in [7, 11) is 3.08. The first-order valence-corrected chi connectivity index (χ1v) is 24.8. The number of imidazole rings is 1. The summed E-state index contributed by atoms with van der Waals surface area (Å²) in [6, 6.07) is 11.4. The van der Waals surface area contributed by atoms with Crippen LogP contribution in [-0.2, 0) is 56.8 Å². The predicted octanol–water partition coefficient (Wildman–Crippen LogP) is 7.78. The van der Waals surface area contributed by atoms with Crippen molar-refractivity contribution in [3.05, 3.63) is 106 Å². The van der Waals surface area contributed by atoms with Gasteiger partial charge in [-0.2, -0.15) is 9.67 Å². The standard InChI is InChI=1S/C53H66ClF2N9O8/c1-33-41(30-60-65(33)26-27-71-9)38-16-17-40(46(56)45(38)55)43-31-59-47(62(43)8)49(68)61-36-14-15-39(42(54)29-36)50(69)63-24-19-35(20-25-63)48(67)57-21-10-12-34-18-23-64(32-44(66)72-52(2,3)4)37(28-34)13-11-22-58-51(70)73-53(5,6)7/h14-18,23,28-31,35H,10-13,19-22,24-27,32H2,1-9H3,(H2-,57,58,61,67,68,69,70)/p+1. The van der Waals surface area contributed by atoms with Gasteiger partial charge in [0.15, 0.2) is 29.3 Å². The molecule has 0 aliphatic carbocycles. The highest BCUT2D eigenvalue weighted by Crippen LogP contribution is 2.33. The molecule has 0 bridgehead atoms. The molecular weight excluding hydrogens is 964 g/mol. The van der Waals surface area contributed by atoms with Gasteiger partial charge in [0.1, 0.15) is 11.2 Å². The van der Waals surface area contributed by atoms with Crippen molar-refractivity contribution in [2.45, 2.75) is 111 Å². The summed E-state index contributed by atoms with van der Waals surface area (Å²) in [6.07, 6.45) is 7.66. The lowest BCUT2D eigenvalue weighted by molar-refractivity contribution is -0.693. The Balaban J connectivity index is 0.973. The Morgan fingerprint density at radius 1 is 0.849 bits per heavy atom. The molecule has 0 atom stereocenters. The third-order valence-corrected chi connectivity index (χ3v) is 12.5. The molecule has 4 amide bonds. The highest BCUT2D eigenvalue weighted by Gasteiger charge is 2.30. The second-order valence-corrected chi connectivity index (χ2v) is 20.5. The zero-order chi connectivity index (χ0) is 53.2. The molecule has 2 aromatic carbocycles. The Hall–Kier alpha value is -6.73. The predicted molar refractivity (Wildman–Crippen MR) is 271 cm³/mol. The lowest BCUT2D eigenvalue weighted by atomic mass is 9.95. The molecule has 1 aliphatic rings. The molecule has 1 fully saturated rings. The number of aryl methyl sites for hydroxylation is 2. The molecule has 0 saturated carbocycles. The van der Waals surface area contributed by atoms with Crippen molar-refractivity contribution in [1.29, 1.82) is 0 Å². The number of piperidine rings is 1. The van der Waals surface area contributed by atoms with E-state index in [0.717, 1.165) is 11.3 Å². The number of rotatable bonds is 19. The van der Waals surface area contributed by atoms with Gasteiger partial charge in [0.05, 0.1) is 41.8 Å². The van der Waals surface area contributed by atoms with Crippen molar-refractivity contribution < 1.29 is 51.5 Å². The van der Waals surface area contributed by atoms with Crippen LogP contribution in [0, 0.1) is 24.5 Å². The van der Waals surface area contributed by atoms with Crippen molar-refractivity contribution in [1.82, 2.24) is 34.9 Å². The number of carbonyl (C=O) groups excluding carboxylic acids is 5. The minimum absolute atomic E-state index is 0.0438. The first kappa shape index (κ1) is 55.6. The number of aromatic nitrogens is 5. The number of hydrogen-bond acceptors (Lipinski definition) is 10. The number of alkyl carbamates (subject to hydrolysis) is 1. The molecule has 20 heteroatoms. The van der Waals surface area contributed by atoms with Gasteiger partial charge in [-0.1, -0.05) is 17.7 Å². The molecule has 5 aromatic rings. The van der Waals surface area contributed by atoms with E-state index in [0.29, 0.717) is 89.1 Å². The van der Waals surface area contributed by atoms with Gasteiger partial charge in [0.25, 0.3) is 11.8 Å². The molecule has 392 valence electrons. The number of methoxy groups -OCH3 is 1. The van der Waals surface area contributed by atoms with E-state index in [1.165, 1.54) is 48.3 Å². The zero-order valence-corrected chi connectivity index (χ0v) is 43.9. The van der Waals surface area contributed by atoms with Crippen LogP contribution in [0.5, 0.6) is 0 Å². The first-order valence-electron chi connectivity index (χ1n) is 24.4. The van der Waals surface area contributed by atoms with E-state index in [4.69, 9.17) is 25.8 Å². The van der Waals surface area contributed by atoms with Crippen molar-refractivity contribution in [2.24, 2.45) is 13.0 Å². The van der Waals surface area contributed by atoms with E-state index in [1.54, 1.807) is 50.5 Å². The van der Waals surface area contributed by atoms with Crippen LogP contribution in [0.1, 0.15) is 105 Å². The summed E-state index contributed by atoms with van der Waals surface area (Å²) in [5.41, 5.74) is 2.48. The fourth-order valence-electron chi connectivity index (χ4n) is 8.50. The molecule has 73 heavy (non-hydrogen) atoms. The number of ether oxygens (including phenoxy) is 3. The van der Waals surface area contributed by atoms with Gasteiger partial charge in [0.2, 0.25) is 12.5 Å². The van der Waals surface area contributed by atoms with Crippen molar-refractivity contribution in [3.8, 4) is 22.4 Å². The number of halogens is 3. The number of anilines is 1. The minimum Gasteiger partial charge on any atom is -0.455 e. The minimum atomic E-state index is -1.10. The molecule has 3 N–H and O–H groups in total. The van der Waals surface area contributed by atoms with E-state index < -0.39 is 34.8 Å². The van der Waals surface area contributed by atoms with Gasteiger partial charge >= 0.3 is 12.1 Å². The molecule has 4 heterocycles. The molecule has 6 rings (SSSR count). The number of hydrogen-bond donors (Lipinski definition) is 3. The van der Waals surface area contributed by atoms with Gasteiger partial charge in [-0.15, -0.1) is 0 Å². The van der Waals surface area contributed by atoms with E-state index in [-0.39, 0.29) is 69.2 Å². The summed E-state index contributed by atoms with van der Waals surface area (Å²) in [5, 5.41) is 12.9. The Morgan fingerprint density at radius 2 is 1.52 bits per heavy atom. The van der Waals surface area contributed by atoms with Crippen molar-refractivity contribution in [2.75, 3.05) is 45.2 Å². The monoisotopic (exact) mass is 1030 g/mol. The number of esters is 1. The number of pyridine rings is 1. The molecular formula is C53H67ClF2N9O8+. The average Bonchev–Trinajstić information content (AvgIpc) is 3.89. The SMILES string of the molecule is COCCn1ncc(-c2ccc(-c3cnc(C(=O)Nc4ccc(C(=O)N5CCC(C(=O)NCCCc6cc[n+](CC(=O)OC(C)(C)C)c(CCCNC(=O)OC(C)(C)C)c6)CC5)c(Cl)c4)n3C)c(F)c2F)c1C. The van der Waals surface area contributed by atoms with Gasteiger partial charge < -0.3 is 39.6 Å². The first-order chi connectivity index (χ1) is 34.5. The Bertz CT molecular complexity index is 2810. The summed E-state index contributed by atoms with van der Waals surface area (Å²) < 4.78 is 52.1. The Morgan fingerprint density at radius 3 is 2.21 bits per heavy atom. The maximum atomic E-state index is 15.6. The lowest BCUT2D eigenvalue weighted by Gasteiger charge is -2.31. The largest absolute Gasteiger partial charge is 0.455 e. The van der Waals surface area contributed by atoms with Crippen molar-refractivity contribution in [3.63, 3.8) is 0 Å². The molecule has 1 aliphatic heterocycles. The second kappa shape index (κ2) is 24.3. The Labute approximate surface area is 429 Å². The van der Waals surface area contributed by atoms with Crippen LogP contribution in [0.3, 0.4) is 0 Å². The van der Waals surface area contributed by atoms with E-state index in [1.807, 2.05) is 43.7 Å². The Kier molecular flexibility index (Phi) is 18.5. The zero-order valence-electron chi connectivity index (χ0n) is 43.1. The number of nitrogens with one attached hydrogen (secondary N) is 3. The number of carbonyl (C=O) groups is 5. The van der Waals surface area contributed by atoms with Crippen LogP contribution in [0.15, 0.2) is 61.1 Å². The van der Waals surface area contributed by atoms with Gasteiger partial charge in [-0.3, -0.25) is 19.1 Å². The molecule has 3 aromatic heterocycles. The summed E-state index contributed by atoms with van der Waals surface area (Å²) in [5.74, 6) is -3.88. The van der Waals surface area contributed by atoms with Crippen LogP contribution < -0.4 is 20.5 Å². The molecule has 1 saturated heterocycles. The van der Waals surface area contributed by atoms with Gasteiger partial charge in [-0.05, 0) is 110 Å². The van der Waals surface area contributed by atoms with E-state index in [9.17, 15) is 24.0 Å². The summed E-state index contributed by atoms with van der Waals surface area (Å²) >= 11 is 6.61. The smallest absolute Gasteiger partial charge is 0.407 e. The van der Waals surface area contributed by atoms with Crippen LogP contribution in [0.2, 0.25) is 5.02 Å². The van der Waals surface area contributed by atoms with Crippen LogP contribution in [0.4, 0.5) is 19.3 Å². The fourth-order valence-corrected chi connectivity index (χ4v) is 8.76. The van der Waals surface area contributed by atoms with Gasteiger partial charge in [-0.25, -0.2) is 23.4 Å². The molecule has 17 nitrogen and oxygen atoms in total. The highest BCUT2D eigenvalue weighted by atomic mass is 35.5. The van der Waals surface area contributed by atoms with Crippen LogP contribution in [0.25, 0.3) is 22.4 Å². The fraction of sp³-hybridized carbons (Fsp3) is 0.472. The number of benzene rings is 2. The lowest BCUT2D eigenvalue weighted by Crippen LogP contribution is -2.44. The van der Waals surface area contributed by atoms with E-state index in [2.05, 4.69) is 26.0 Å². The average molecular weight is 1030 g/mol. The number of likely N-dealkylation sites (tertiary alicyclic amines) is 1. The number of amides is 4. The maximum absolute atomic E-state index is 15.6. The molecule has 0 unspecified atom stereocenters. The molecule has 0 radical (unpaired) electrons. The highest BCUT2D eigenvalue weighted by molar-refractivity contribution is 6.34. The number of nitrogens with zero attached hydrogens (tertiary/aromatic N) is 6. The van der Waals surface area contributed by atoms with Crippen molar-refractivity contribution >= 4 is 47.1 Å². The second-order valence-electron chi connectivity index (χ2n) is 20.1. The third kappa shape index (κ3) is 14.9. The van der Waals surface area contributed by atoms with Gasteiger partial charge in [0, 0.05) is 92.9 Å². The quantitative estimate of drug-likeness (QED) is 0.0418.